The number of aliphatic hydroxyl groups is 1. The Morgan fingerprint density at radius 1 is 1.14 bits per heavy atom. The van der Waals surface area contributed by atoms with E-state index in [0.717, 1.165) is 51.7 Å². The van der Waals surface area contributed by atoms with Crippen LogP contribution in [0.4, 0.5) is 0 Å². The Labute approximate surface area is 133 Å². The molecule has 3 heterocycles. The summed E-state index contributed by atoms with van der Waals surface area (Å²) in [5, 5.41) is 11.3. The van der Waals surface area contributed by atoms with Crippen molar-refractivity contribution in [2.45, 2.75) is 75.6 Å². The number of rotatable bonds is 3. The van der Waals surface area contributed by atoms with E-state index < -0.39 is 5.60 Å². The summed E-state index contributed by atoms with van der Waals surface area (Å²) in [5.41, 5.74) is -0.443. The van der Waals surface area contributed by atoms with Gasteiger partial charge in [0.25, 0.3) is 0 Å². The predicted molar refractivity (Wildman–Crippen MR) is 86.8 cm³/mol. The van der Waals surface area contributed by atoms with E-state index in [9.17, 15) is 5.11 Å². The lowest BCUT2D eigenvalue weighted by molar-refractivity contribution is -0.182. The quantitative estimate of drug-likeness (QED) is 0.866. The maximum atomic E-state index is 11.3. The lowest BCUT2D eigenvalue weighted by atomic mass is 9.69. The molecule has 4 heteroatoms. The van der Waals surface area contributed by atoms with E-state index in [1.165, 1.54) is 24.3 Å². The molecule has 3 fully saturated rings. The molecule has 3 unspecified atom stereocenters. The maximum Gasteiger partial charge on any atom is 0.0724 e. The van der Waals surface area contributed by atoms with Crippen molar-refractivity contribution >= 4 is 11.8 Å². The largest absolute Gasteiger partial charge is 0.389 e. The zero-order valence-corrected chi connectivity index (χ0v) is 14.1. The van der Waals surface area contributed by atoms with E-state index in [1.54, 1.807) is 0 Å². The van der Waals surface area contributed by atoms with Crippen molar-refractivity contribution in [3.8, 4) is 0 Å². The molecule has 1 N–H and O–H groups in total. The molecule has 3 rings (SSSR count). The zero-order chi connectivity index (χ0) is 14.8. The van der Waals surface area contributed by atoms with Gasteiger partial charge in [-0.05, 0) is 55.9 Å². The van der Waals surface area contributed by atoms with Crippen LogP contribution in [0.1, 0.15) is 58.3 Å². The lowest BCUT2D eigenvalue weighted by Gasteiger charge is -2.50. The van der Waals surface area contributed by atoms with Crippen molar-refractivity contribution in [1.82, 2.24) is 0 Å². The lowest BCUT2D eigenvalue weighted by Crippen LogP contribution is -2.53. The van der Waals surface area contributed by atoms with Crippen LogP contribution in [0.2, 0.25) is 0 Å². The molecule has 1 spiro atoms. The Kier molecular flexibility index (Phi) is 5.19. The summed E-state index contributed by atoms with van der Waals surface area (Å²) in [4.78, 5) is 0. The molecule has 3 saturated heterocycles. The zero-order valence-electron chi connectivity index (χ0n) is 13.3. The first-order valence-electron chi connectivity index (χ1n) is 8.71. The summed E-state index contributed by atoms with van der Waals surface area (Å²) in [6.45, 7) is 3.75. The third kappa shape index (κ3) is 3.60. The van der Waals surface area contributed by atoms with Crippen LogP contribution >= 0.6 is 11.8 Å². The maximum absolute atomic E-state index is 11.3. The fourth-order valence-electron chi connectivity index (χ4n) is 4.41. The summed E-state index contributed by atoms with van der Waals surface area (Å²) in [7, 11) is 0. The van der Waals surface area contributed by atoms with Gasteiger partial charge in [-0.15, -0.1) is 0 Å². The molecular formula is C17H30O3S. The van der Waals surface area contributed by atoms with E-state index >= 15 is 0 Å². The number of hydrogen-bond acceptors (Lipinski definition) is 4. The molecule has 3 atom stereocenters. The molecule has 0 aliphatic carbocycles. The van der Waals surface area contributed by atoms with Gasteiger partial charge in [0.15, 0.2) is 0 Å². The molecule has 0 aromatic rings. The van der Waals surface area contributed by atoms with Crippen LogP contribution in [0.5, 0.6) is 0 Å². The standard InChI is InChI=1S/C17H30O3S/c1-2-3-15-13-17(18,5-9-19-15)14-4-8-20-16(12-14)6-10-21-11-7-16/h14-15,18H,2-13H2,1H3. The Bertz CT molecular complexity index is 335. The van der Waals surface area contributed by atoms with Gasteiger partial charge in [-0.2, -0.15) is 11.8 Å². The topological polar surface area (TPSA) is 38.7 Å². The Hall–Kier alpha value is 0.230. The van der Waals surface area contributed by atoms with E-state index in [1.807, 2.05) is 11.8 Å². The molecule has 3 aliphatic rings. The number of ether oxygens (including phenoxy) is 2. The van der Waals surface area contributed by atoms with Crippen LogP contribution in [-0.2, 0) is 9.47 Å². The molecular weight excluding hydrogens is 284 g/mol. The molecule has 0 radical (unpaired) electrons. The summed E-state index contributed by atoms with van der Waals surface area (Å²) in [5.74, 6) is 2.83. The van der Waals surface area contributed by atoms with Crippen LogP contribution in [0, 0.1) is 5.92 Å². The highest BCUT2D eigenvalue weighted by molar-refractivity contribution is 7.99. The van der Waals surface area contributed by atoms with Crippen LogP contribution in [-0.4, -0.2) is 47.1 Å². The summed E-state index contributed by atoms with van der Waals surface area (Å²) in [6.07, 6.45) is 8.52. The monoisotopic (exact) mass is 314 g/mol. The summed E-state index contributed by atoms with van der Waals surface area (Å²) >= 11 is 2.04. The highest BCUT2D eigenvalue weighted by Gasteiger charge is 2.48. The molecule has 3 aliphatic heterocycles. The number of thioether (sulfide) groups is 1. The van der Waals surface area contributed by atoms with E-state index in [-0.39, 0.29) is 11.7 Å². The number of hydrogen-bond donors (Lipinski definition) is 1. The van der Waals surface area contributed by atoms with Crippen LogP contribution in [0.3, 0.4) is 0 Å². The van der Waals surface area contributed by atoms with Gasteiger partial charge in [0, 0.05) is 19.6 Å². The first kappa shape index (κ1) is 16.1. The van der Waals surface area contributed by atoms with E-state index in [2.05, 4.69) is 6.92 Å². The Balaban J connectivity index is 1.66. The minimum absolute atomic E-state index is 0.0719. The van der Waals surface area contributed by atoms with Gasteiger partial charge in [0.2, 0.25) is 0 Å². The minimum Gasteiger partial charge on any atom is -0.389 e. The minimum atomic E-state index is -0.514. The molecule has 122 valence electrons. The van der Waals surface area contributed by atoms with E-state index in [4.69, 9.17) is 9.47 Å². The fraction of sp³-hybridized carbons (Fsp3) is 1.00. The van der Waals surface area contributed by atoms with Crippen molar-refractivity contribution in [2.75, 3.05) is 24.7 Å². The molecule has 0 bridgehead atoms. The van der Waals surface area contributed by atoms with Crippen LogP contribution in [0.25, 0.3) is 0 Å². The predicted octanol–water partition coefficient (Wildman–Crippen LogP) is 3.39. The van der Waals surface area contributed by atoms with Crippen molar-refractivity contribution in [3.05, 3.63) is 0 Å². The second-order valence-electron chi connectivity index (χ2n) is 7.17. The van der Waals surface area contributed by atoms with Gasteiger partial charge < -0.3 is 14.6 Å². The summed E-state index contributed by atoms with van der Waals surface area (Å²) in [6, 6.07) is 0. The van der Waals surface area contributed by atoms with Gasteiger partial charge >= 0.3 is 0 Å². The first-order valence-corrected chi connectivity index (χ1v) is 9.87. The van der Waals surface area contributed by atoms with Crippen molar-refractivity contribution in [3.63, 3.8) is 0 Å². The van der Waals surface area contributed by atoms with Gasteiger partial charge in [0.05, 0.1) is 17.3 Å². The Morgan fingerprint density at radius 3 is 2.71 bits per heavy atom. The fourth-order valence-corrected chi connectivity index (χ4v) is 5.65. The molecule has 3 nitrogen and oxygen atoms in total. The molecule has 0 amide bonds. The van der Waals surface area contributed by atoms with Crippen molar-refractivity contribution in [2.24, 2.45) is 5.92 Å². The van der Waals surface area contributed by atoms with Gasteiger partial charge in [-0.25, -0.2) is 0 Å². The summed E-state index contributed by atoms with van der Waals surface area (Å²) < 4.78 is 12.0. The van der Waals surface area contributed by atoms with E-state index in [0.29, 0.717) is 5.92 Å². The molecule has 0 saturated carbocycles. The Morgan fingerprint density at radius 2 is 1.95 bits per heavy atom. The third-order valence-corrected chi connectivity index (χ3v) is 6.72. The van der Waals surface area contributed by atoms with Gasteiger partial charge in [-0.3, -0.25) is 0 Å². The first-order chi connectivity index (χ1) is 10.2. The second kappa shape index (κ2) is 6.77. The van der Waals surface area contributed by atoms with Crippen molar-refractivity contribution in [1.29, 1.82) is 0 Å². The molecule has 0 aromatic heterocycles. The highest BCUT2D eigenvalue weighted by Crippen LogP contribution is 2.46. The van der Waals surface area contributed by atoms with Crippen molar-refractivity contribution < 1.29 is 14.6 Å². The second-order valence-corrected chi connectivity index (χ2v) is 8.40. The highest BCUT2D eigenvalue weighted by atomic mass is 32.2. The third-order valence-electron chi connectivity index (χ3n) is 5.74. The van der Waals surface area contributed by atoms with Gasteiger partial charge in [0.1, 0.15) is 0 Å². The normalized spacial score (nSPS) is 40.3. The average Bonchev–Trinajstić information content (AvgIpc) is 2.49. The smallest absolute Gasteiger partial charge is 0.0724 e. The van der Waals surface area contributed by atoms with Gasteiger partial charge in [-0.1, -0.05) is 13.3 Å². The van der Waals surface area contributed by atoms with Crippen LogP contribution < -0.4 is 0 Å². The average molecular weight is 314 g/mol. The SMILES string of the molecule is CCCC1CC(O)(C2CCOC3(CCSCC3)C2)CCO1. The molecule has 0 aromatic carbocycles. The van der Waals surface area contributed by atoms with Crippen LogP contribution in [0.15, 0.2) is 0 Å². The molecule has 21 heavy (non-hydrogen) atoms.